The first-order valence-corrected chi connectivity index (χ1v) is 5.75. The molecule has 0 spiro atoms. The van der Waals surface area contributed by atoms with Gasteiger partial charge >= 0.3 is 5.69 Å². The maximum atomic E-state index is 13.4. The minimum Gasteiger partial charge on any atom is -0.383 e. The fourth-order valence-electron chi connectivity index (χ4n) is 1.64. The van der Waals surface area contributed by atoms with E-state index in [0.29, 0.717) is 6.07 Å². The number of rotatable bonds is 6. The lowest BCUT2D eigenvalue weighted by molar-refractivity contribution is -0.386. The zero-order valence-electron chi connectivity index (χ0n) is 10.9. The van der Waals surface area contributed by atoms with Gasteiger partial charge in [0, 0.05) is 19.2 Å². The summed E-state index contributed by atoms with van der Waals surface area (Å²) in [4.78, 5) is 9.96. The number of hydrogen-bond acceptors (Lipinski definition) is 4. The molecule has 0 saturated heterocycles. The molecular formula is C12H16F2N2O3. The summed E-state index contributed by atoms with van der Waals surface area (Å²) in [5.41, 5.74) is -0.943. The first-order valence-electron chi connectivity index (χ1n) is 5.75. The van der Waals surface area contributed by atoms with E-state index in [1.54, 1.807) is 0 Å². The van der Waals surface area contributed by atoms with Crippen molar-refractivity contribution in [2.45, 2.75) is 19.9 Å². The van der Waals surface area contributed by atoms with Crippen LogP contribution in [0.1, 0.15) is 13.8 Å². The van der Waals surface area contributed by atoms with Crippen molar-refractivity contribution >= 4 is 11.4 Å². The Morgan fingerprint density at radius 3 is 2.53 bits per heavy atom. The lowest BCUT2D eigenvalue weighted by Gasteiger charge is -2.22. The van der Waals surface area contributed by atoms with E-state index >= 15 is 0 Å². The maximum Gasteiger partial charge on any atom is 0.327 e. The highest BCUT2D eigenvalue weighted by molar-refractivity contribution is 5.62. The Bertz CT molecular complexity index is 467. The lowest BCUT2D eigenvalue weighted by Crippen LogP contribution is -2.30. The largest absolute Gasteiger partial charge is 0.383 e. The minimum atomic E-state index is -1.20. The van der Waals surface area contributed by atoms with Crippen LogP contribution in [0.4, 0.5) is 20.2 Å². The molecule has 0 aliphatic heterocycles. The molecule has 0 heterocycles. The molecule has 0 radical (unpaired) electrons. The number of nitro benzene ring substituents is 1. The molecule has 5 nitrogen and oxygen atoms in total. The standard InChI is InChI=1S/C12H16F2N2O3/c1-7(2)11(6-19-3)15-10-5-8(13)4-9(14)12(10)16(17)18/h4-5,7,11,15H,6H2,1-3H3. The number of nitro groups is 1. The molecule has 1 rings (SSSR count). The van der Waals surface area contributed by atoms with Crippen LogP contribution in [0.2, 0.25) is 0 Å². The van der Waals surface area contributed by atoms with Gasteiger partial charge in [-0.15, -0.1) is 0 Å². The van der Waals surface area contributed by atoms with Crippen LogP contribution < -0.4 is 5.32 Å². The van der Waals surface area contributed by atoms with Crippen LogP contribution in [0.25, 0.3) is 0 Å². The summed E-state index contributed by atoms with van der Waals surface area (Å²) in [6.45, 7) is 4.02. The molecule has 1 atom stereocenters. The monoisotopic (exact) mass is 274 g/mol. The molecule has 106 valence electrons. The highest BCUT2D eigenvalue weighted by Gasteiger charge is 2.24. The first-order chi connectivity index (χ1) is 8.86. The van der Waals surface area contributed by atoms with Crippen molar-refractivity contribution in [1.29, 1.82) is 0 Å². The summed E-state index contributed by atoms with van der Waals surface area (Å²) in [6.07, 6.45) is 0. The minimum absolute atomic E-state index is 0.0749. The van der Waals surface area contributed by atoms with Gasteiger partial charge < -0.3 is 10.1 Å². The van der Waals surface area contributed by atoms with Crippen LogP contribution in [0.15, 0.2) is 12.1 Å². The Labute approximate surface area is 109 Å². The van der Waals surface area contributed by atoms with E-state index in [0.717, 1.165) is 6.07 Å². The Kier molecular flexibility index (Phi) is 5.17. The summed E-state index contributed by atoms with van der Waals surface area (Å²) in [6, 6.07) is 1.11. The van der Waals surface area contributed by atoms with E-state index < -0.39 is 22.2 Å². The Balaban J connectivity index is 3.14. The van der Waals surface area contributed by atoms with Crippen molar-refractivity contribution in [1.82, 2.24) is 0 Å². The average molecular weight is 274 g/mol. The van der Waals surface area contributed by atoms with Gasteiger partial charge in [0.1, 0.15) is 11.5 Å². The molecule has 0 aliphatic rings. The van der Waals surface area contributed by atoms with Gasteiger partial charge in [-0.3, -0.25) is 10.1 Å². The second-order valence-electron chi connectivity index (χ2n) is 4.49. The molecule has 0 bridgehead atoms. The predicted molar refractivity (Wildman–Crippen MR) is 67.1 cm³/mol. The quantitative estimate of drug-likeness (QED) is 0.640. The van der Waals surface area contributed by atoms with Crippen molar-refractivity contribution in [3.63, 3.8) is 0 Å². The second kappa shape index (κ2) is 6.42. The van der Waals surface area contributed by atoms with Gasteiger partial charge in [-0.05, 0) is 5.92 Å². The van der Waals surface area contributed by atoms with Gasteiger partial charge in [-0.2, -0.15) is 4.39 Å². The van der Waals surface area contributed by atoms with E-state index in [-0.39, 0.29) is 24.3 Å². The van der Waals surface area contributed by atoms with Crippen LogP contribution in [0.3, 0.4) is 0 Å². The molecule has 7 heteroatoms. The van der Waals surface area contributed by atoms with Crippen molar-refractivity contribution < 1.29 is 18.4 Å². The molecule has 1 N–H and O–H groups in total. The zero-order valence-corrected chi connectivity index (χ0v) is 10.9. The molecule has 1 aromatic carbocycles. The van der Waals surface area contributed by atoms with Crippen molar-refractivity contribution in [2.24, 2.45) is 5.92 Å². The van der Waals surface area contributed by atoms with E-state index in [1.807, 2.05) is 13.8 Å². The Morgan fingerprint density at radius 1 is 1.42 bits per heavy atom. The van der Waals surface area contributed by atoms with Gasteiger partial charge in [-0.1, -0.05) is 13.8 Å². The van der Waals surface area contributed by atoms with Gasteiger partial charge in [0.25, 0.3) is 0 Å². The molecule has 0 saturated carbocycles. The SMILES string of the molecule is COCC(Nc1cc(F)cc(F)c1[N+](=O)[O-])C(C)C. The predicted octanol–water partition coefficient (Wildman–Crippen LogP) is 2.96. The van der Waals surface area contributed by atoms with E-state index in [4.69, 9.17) is 4.74 Å². The van der Waals surface area contributed by atoms with Crippen LogP contribution in [-0.2, 0) is 4.74 Å². The smallest absolute Gasteiger partial charge is 0.327 e. The van der Waals surface area contributed by atoms with Gasteiger partial charge in [-0.25, -0.2) is 4.39 Å². The molecule has 0 amide bonds. The van der Waals surface area contributed by atoms with E-state index in [2.05, 4.69) is 5.32 Å². The lowest BCUT2D eigenvalue weighted by atomic mass is 10.0. The second-order valence-corrected chi connectivity index (χ2v) is 4.49. The third-order valence-corrected chi connectivity index (χ3v) is 2.70. The molecule has 0 aromatic heterocycles. The Hall–Kier alpha value is -1.76. The molecule has 19 heavy (non-hydrogen) atoms. The molecule has 1 unspecified atom stereocenters. The fraction of sp³-hybridized carbons (Fsp3) is 0.500. The first kappa shape index (κ1) is 15.3. The third-order valence-electron chi connectivity index (χ3n) is 2.70. The average Bonchev–Trinajstić information content (AvgIpc) is 2.26. The van der Waals surface area contributed by atoms with Gasteiger partial charge in [0.05, 0.1) is 17.6 Å². The summed E-state index contributed by atoms with van der Waals surface area (Å²) in [5.74, 6) is -2.00. The number of ether oxygens (including phenoxy) is 1. The molecule has 1 aromatic rings. The number of nitrogens with one attached hydrogen (secondary N) is 1. The normalized spacial score (nSPS) is 12.5. The molecular weight excluding hydrogens is 258 g/mol. The van der Waals surface area contributed by atoms with E-state index in [9.17, 15) is 18.9 Å². The molecule has 0 fully saturated rings. The third kappa shape index (κ3) is 3.85. The topological polar surface area (TPSA) is 64.4 Å². The van der Waals surface area contributed by atoms with Crippen LogP contribution >= 0.6 is 0 Å². The van der Waals surface area contributed by atoms with Crippen LogP contribution in [-0.4, -0.2) is 24.7 Å². The number of anilines is 1. The van der Waals surface area contributed by atoms with E-state index in [1.165, 1.54) is 7.11 Å². The Morgan fingerprint density at radius 2 is 2.05 bits per heavy atom. The highest BCUT2D eigenvalue weighted by Crippen LogP contribution is 2.30. The summed E-state index contributed by atoms with van der Waals surface area (Å²) >= 11 is 0. The summed E-state index contributed by atoms with van der Waals surface area (Å²) in [5, 5.41) is 13.6. The number of methoxy groups -OCH3 is 1. The van der Waals surface area contributed by atoms with Gasteiger partial charge in [0.2, 0.25) is 5.82 Å². The van der Waals surface area contributed by atoms with Gasteiger partial charge in [0.15, 0.2) is 0 Å². The number of hydrogen-bond donors (Lipinski definition) is 1. The van der Waals surface area contributed by atoms with Crippen LogP contribution in [0.5, 0.6) is 0 Å². The zero-order chi connectivity index (χ0) is 14.6. The highest BCUT2D eigenvalue weighted by atomic mass is 19.1. The van der Waals surface area contributed by atoms with Crippen LogP contribution in [0, 0.1) is 27.7 Å². The number of nitrogens with zero attached hydrogens (tertiary/aromatic N) is 1. The van der Waals surface area contributed by atoms with Crippen molar-refractivity contribution in [3.05, 3.63) is 33.9 Å². The van der Waals surface area contributed by atoms with Crippen molar-refractivity contribution in [2.75, 3.05) is 19.0 Å². The molecule has 0 aliphatic carbocycles. The van der Waals surface area contributed by atoms with Crippen molar-refractivity contribution in [3.8, 4) is 0 Å². The summed E-state index contributed by atoms with van der Waals surface area (Å²) in [7, 11) is 1.48. The summed E-state index contributed by atoms with van der Waals surface area (Å²) < 4.78 is 31.6. The number of halogens is 2. The number of benzene rings is 1. The maximum absolute atomic E-state index is 13.4. The fourth-order valence-corrected chi connectivity index (χ4v) is 1.64.